The van der Waals surface area contributed by atoms with Crippen LogP contribution in [0.3, 0.4) is 0 Å². The Morgan fingerprint density at radius 1 is 0.875 bits per heavy atom. The normalized spacial score (nSPS) is 10.7. The molecule has 3 nitrogen and oxygen atoms in total. The van der Waals surface area contributed by atoms with E-state index in [1.807, 2.05) is 78.9 Å². The van der Waals surface area contributed by atoms with Gasteiger partial charge in [0.2, 0.25) is 0 Å². The van der Waals surface area contributed by atoms with Gasteiger partial charge in [-0.3, -0.25) is 5.43 Å². The molecule has 0 aliphatic heterocycles. The number of ether oxygens (including phenoxy) is 1. The minimum absolute atomic E-state index is 0.413. The smallest absolute Gasteiger partial charge is 0.128 e. The van der Waals surface area contributed by atoms with E-state index in [1.54, 1.807) is 6.21 Å². The maximum atomic E-state index is 6.17. The number of hydrogen-bond acceptors (Lipinski definition) is 3. The van der Waals surface area contributed by atoms with Gasteiger partial charge in [0.1, 0.15) is 12.4 Å². The number of hydrazone groups is 1. The highest BCUT2D eigenvalue weighted by Gasteiger charge is 2.03. The lowest BCUT2D eigenvalue weighted by Gasteiger charge is -2.10. The monoisotopic (exact) mass is 336 g/mol. The first-order chi connectivity index (χ1) is 11.8. The van der Waals surface area contributed by atoms with E-state index in [1.165, 1.54) is 0 Å². The first-order valence-corrected chi connectivity index (χ1v) is 8.00. The second-order valence-electron chi connectivity index (χ2n) is 5.15. The lowest BCUT2D eigenvalue weighted by Crippen LogP contribution is -1.99. The van der Waals surface area contributed by atoms with Gasteiger partial charge in [-0.2, -0.15) is 5.10 Å². The average Bonchev–Trinajstić information content (AvgIpc) is 2.63. The molecule has 0 spiro atoms. The lowest BCUT2D eigenvalue weighted by atomic mass is 10.2. The van der Waals surface area contributed by atoms with Crippen molar-refractivity contribution in [2.75, 3.05) is 5.43 Å². The van der Waals surface area contributed by atoms with Crippen molar-refractivity contribution in [1.29, 1.82) is 0 Å². The fraction of sp³-hybridized carbons (Fsp3) is 0.0500. The van der Waals surface area contributed by atoms with Gasteiger partial charge in [-0.05, 0) is 30.3 Å². The highest BCUT2D eigenvalue weighted by molar-refractivity contribution is 6.31. The zero-order valence-corrected chi connectivity index (χ0v) is 13.8. The van der Waals surface area contributed by atoms with Gasteiger partial charge in [-0.15, -0.1) is 0 Å². The van der Waals surface area contributed by atoms with Crippen LogP contribution in [0.2, 0.25) is 5.02 Å². The van der Waals surface area contributed by atoms with Gasteiger partial charge in [-0.25, -0.2) is 0 Å². The maximum absolute atomic E-state index is 6.17. The molecule has 3 rings (SSSR count). The molecule has 0 bridgehead atoms. The summed E-state index contributed by atoms with van der Waals surface area (Å²) in [5, 5.41) is 4.97. The minimum Gasteiger partial charge on any atom is -0.488 e. The second kappa shape index (κ2) is 8.18. The van der Waals surface area contributed by atoms with Gasteiger partial charge < -0.3 is 4.74 Å². The molecule has 0 aliphatic carbocycles. The molecule has 0 atom stereocenters. The summed E-state index contributed by atoms with van der Waals surface area (Å²) in [5.74, 6) is 0.760. The highest BCUT2D eigenvalue weighted by atomic mass is 35.5. The van der Waals surface area contributed by atoms with Crippen molar-refractivity contribution in [1.82, 2.24) is 0 Å². The van der Waals surface area contributed by atoms with Crippen LogP contribution >= 0.6 is 11.6 Å². The summed E-state index contributed by atoms with van der Waals surface area (Å²) in [7, 11) is 0. The molecule has 0 fully saturated rings. The van der Waals surface area contributed by atoms with E-state index in [-0.39, 0.29) is 0 Å². The number of nitrogens with one attached hydrogen (secondary N) is 1. The Bertz CT molecular complexity index is 819. The Labute approximate surface area is 146 Å². The number of nitrogens with zero attached hydrogens (tertiary/aromatic N) is 1. The minimum atomic E-state index is 0.413. The van der Waals surface area contributed by atoms with Crippen molar-refractivity contribution >= 4 is 23.5 Å². The quantitative estimate of drug-likeness (QED) is 0.485. The molecule has 0 aliphatic rings. The number of rotatable bonds is 6. The molecule has 4 heteroatoms. The third-order valence-corrected chi connectivity index (χ3v) is 3.80. The molecule has 24 heavy (non-hydrogen) atoms. The third-order valence-electron chi connectivity index (χ3n) is 3.43. The van der Waals surface area contributed by atoms with Crippen LogP contribution < -0.4 is 10.2 Å². The Hall–Kier alpha value is -2.78. The van der Waals surface area contributed by atoms with E-state index in [9.17, 15) is 0 Å². The predicted octanol–water partition coefficient (Wildman–Crippen LogP) is 5.37. The topological polar surface area (TPSA) is 33.6 Å². The van der Waals surface area contributed by atoms with Crippen LogP contribution in [0.5, 0.6) is 5.75 Å². The molecule has 3 aromatic carbocycles. The summed E-state index contributed by atoms with van der Waals surface area (Å²) in [5.41, 5.74) is 5.78. The molecule has 0 unspecified atom stereocenters. The molecule has 0 saturated carbocycles. The summed E-state index contributed by atoms with van der Waals surface area (Å²) >= 11 is 6.17. The van der Waals surface area contributed by atoms with Gasteiger partial charge in [0.05, 0.1) is 11.9 Å². The second-order valence-corrected chi connectivity index (χ2v) is 5.56. The van der Waals surface area contributed by atoms with E-state index < -0.39 is 0 Å². The van der Waals surface area contributed by atoms with Gasteiger partial charge in [0, 0.05) is 16.1 Å². The van der Waals surface area contributed by atoms with Crippen molar-refractivity contribution in [2.24, 2.45) is 5.10 Å². The third kappa shape index (κ3) is 4.37. The SMILES string of the molecule is Clc1ccccc1COc1ccccc1/C=N/Nc1ccccc1. The van der Waals surface area contributed by atoms with Crippen LogP contribution in [0, 0.1) is 0 Å². The Morgan fingerprint density at radius 3 is 2.42 bits per heavy atom. The van der Waals surface area contributed by atoms with Crippen molar-refractivity contribution < 1.29 is 4.74 Å². The molecule has 0 saturated heterocycles. The maximum Gasteiger partial charge on any atom is 0.128 e. The first kappa shape index (κ1) is 16.1. The lowest BCUT2D eigenvalue weighted by molar-refractivity contribution is 0.306. The molecule has 0 radical (unpaired) electrons. The number of hydrogen-bond donors (Lipinski definition) is 1. The van der Waals surface area contributed by atoms with Crippen LogP contribution in [0.1, 0.15) is 11.1 Å². The summed E-state index contributed by atoms with van der Waals surface area (Å²) in [6, 6.07) is 25.2. The van der Waals surface area contributed by atoms with E-state index in [2.05, 4.69) is 10.5 Å². The molecular weight excluding hydrogens is 320 g/mol. The highest BCUT2D eigenvalue weighted by Crippen LogP contribution is 2.21. The van der Waals surface area contributed by atoms with E-state index in [4.69, 9.17) is 16.3 Å². The van der Waals surface area contributed by atoms with Crippen molar-refractivity contribution in [2.45, 2.75) is 6.61 Å². The van der Waals surface area contributed by atoms with Crippen LogP contribution in [0.25, 0.3) is 0 Å². The number of anilines is 1. The van der Waals surface area contributed by atoms with Crippen LogP contribution in [-0.2, 0) is 6.61 Å². The molecule has 0 heterocycles. The Balaban J connectivity index is 1.68. The standard InChI is InChI=1S/C20H17ClN2O/c21-19-12-6-4-9-17(19)15-24-20-13-7-5-8-16(20)14-22-23-18-10-2-1-3-11-18/h1-14,23H,15H2/b22-14+. The largest absolute Gasteiger partial charge is 0.488 e. The zero-order chi connectivity index (χ0) is 16.6. The van der Waals surface area contributed by atoms with Gasteiger partial charge >= 0.3 is 0 Å². The Morgan fingerprint density at radius 2 is 1.58 bits per heavy atom. The summed E-state index contributed by atoms with van der Waals surface area (Å²) in [4.78, 5) is 0. The van der Waals surface area contributed by atoms with Crippen molar-refractivity contribution in [3.05, 3.63) is 95.0 Å². The van der Waals surface area contributed by atoms with E-state index >= 15 is 0 Å². The number of benzene rings is 3. The molecule has 1 N–H and O–H groups in total. The van der Waals surface area contributed by atoms with E-state index in [0.29, 0.717) is 11.6 Å². The number of para-hydroxylation sites is 2. The fourth-order valence-corrected chi connectivity index (χ4v) is 2.37. The first-order valence-electron chi connectivity index (χ1n) is 7.62. The summed E-state index contributed by atoms with van der Waals surface area (Å²) in [6.45, 7) is 0.413. The molecular formula is C20H17ClN2O. The molecule has 3 aromatic rings. The van der Waals surface area contributed by atoms with Crippen LogP contribution in [0.15, 0.2) is 84.0 Å². The van der Waals surface area contributed by atoms with Crippen LogP contribution in [-0.4, -0.2) is 6.21 Å². The molecule has 0 amide bonds. The summed E-state index contributed by atoms with van der Waals surface area (Å²) < 4.78 is 5.90. The average molecular weight is 337 g/mol. The van der Waals surface area contributed by atoms with E-state index in [0.717, 1.165) is 22.6 Å². The molecule has 0 aromatic heterocycles. The van der Waals surface area contributed by atoms with Gasteiger partial charge in [-0.1, -0.05) is 60.1 Å². The van der Waals surface area contributed by atoms with Crippen molar-refractivity contribution in [3.8, 4) is 5.75 Å². The van der Waals surface area contributed by atoms with Crippen molar-refractivity contribution in [3.63, 3.8) is 0 Å². The van der Waals surface area contributed by atoms with Crippen LogP contribution in [0.4, 0.5) is 5.69 Å². The fourth-order valence-electron chi connectivity index (χ4n) is 2.18. The summed E-state index contributed by atoms with van der Waals surface area (Å²) in [6.07, 6.45) is 1.74. The van der Waals surface area contributed by atoms with Gasteiger partial charge in [0.25, 0.3) is 0 Å². The number of halogens is 1. The molecule has 120 valence electrons. The van der Waals surface area contributed by atoms with Gasteiger partial charge in [0.15, 0.2) is 0 Å². The predicted molar refractivity (Wildman–Crippen MR) is 99.9 cm³/mol. The zero-order valence-electron chi connectivity index (χ0n) is 13.0. The Kier molecular flexibility index (Phi) is 5.48.